The van der Waals surface area contributed by atoms with Crippen LogP contribution in [-0.4, -0.2) is 36.0 Å². The zero-order valence-corrected chi connectivity index (χ0v) is 12.7. The molecule has 0 aliphatic carbocycles. The molecule has 114 valence electrons. The number of aryl methyl sites for hydroxylation is 1. The van der Waals surface area contributed by atoms with Gasteiger partial charge in [-0.15, -0.1) is 0 Å². The lowest BCUT2D eigenvalue weighted by Gasteiger charge is -2.38. The van der Waals surface area contributed by atoms with Gasteiger partial charge in [-0.3, -0.25) is 4.84 Å². The van der Waals surface area contributed by atoms with Crippen LogP contribution in [0.15, 0.2) is 42.0 Å². The van der Waals surface area contributed by atoms with Gasteiger partial charge in [0.1, 0.15) is 0 Å². The number of fused-ring (bicyclic) bond motifs is 2. The van der Waals surface area contributed by atoms with Gasteiger partial charge in [-0.25, -0.2) is 0 Å². The van der Waals surface area contributed by atoms with E-state index >= 15 is 0 Å². The molecule has 2 saturated heterocycles. The highest BCUT2D eigenvalue weighted by atomic mass is 16.7. The molecule has 0 aromatic heterocycles. The van der Waals surface area contributed by atoms with Crippen molar-refractivity contribution in [2.24, 2.45) is 11.8 Å². The third kappa shape index (κ3) is 3.05. The summed E-state index contributed by atoms with van der Waals surface area (Å²) in [5, 5.41) is 11.5. The minimum atomic E-state index is 0.268. The Morgan fingerprint density at radius 1 is 1.29 bits per heavy atom. The Kier molecular flexibility index (Phi) is 4.73. The van der Waals surface area contributed by atoms with Crippen molar-refractivity contribution in [2.75, 3.05) is 19.8 Å². The van der Waals surface area contributed by atoms with Crippen molar-refractivity contribution in [1.82, 2.24) is 5.06 Å². The molecule has 3 heteroatoms. The number of nitrogens with zero attached hydrogens (tertiary/aromatic N) is 1. The average molecular weight is 287 g/mol. The van der Waals surface area contributed by atoms with E-state index in [0.717, 1.165) is 32.4 Å². The van der Waals surface area contributed by atoms with E-state index in [4.69, 9.17) is 4.84 Å². The Bertz CT molecular complexity index is 485. The number of piperidine rings is 1. The van der Waals surface area contributed by atoms with Crippen LogP contribution in [0.1, 0.15) is 25.3 Å². The fraction of sp³-hybridized carbons (Fsp3) is 0.556. The molecule has 0 radical (unpaired) electrons. The second kappa shape index (κ2) is 6.73. The Morgan fingerprint density at radius 3 is 2.81 bits per heavy atom. The van der Waals surface area contributed by atoms with E-state index < -0.39 is 0 Å². The summed E-state index contributed by atoms with van der Waals surface area (Å²) in [4.78, 5) is 5.90. The first-order valence-electron chi connectivity index (χ1n) is 8.03. The van der Waals surface area contributed by atoms with Crippen LogP contribution >= 0.6 is 0 Å². The first-order chi connectivity index (χ1) is 10.3. The van der Waals surface area contributed by atoms with E-state index in [-0.39, 0.29) is 6.61 Å². The Hall–Kier alpha value is -1.16. The van der Waals surface area contributed by atoms with E-state index in [1.165, 1.54) is 11.1 Å². The average Bonchev–Trinajstić information content (AvgIpc) is 2.83. The van der Waals surface area contributed by atoms with Crippen LogP contribution in [0.2, 0.25) is 0 Å². The van der Waals surface area contributed by atoms with Crippen LogP contribution in [0.3, 0.4) is 0 Å². The summed E-state index contributed by atoms with van der Waals surface area (Å²) in [5.41, 5.74) is 2.83. The number of hydrogen-bond donors (Lipinski definition) is 1. The van der Waals surface area contributed by atoms with Gasteiger partial charge >= 0.3 is 0 Å². The fourth-order valence-electron chi connectivity index (χ4n) is 3.88. The smallest absolute Gasteiger partial charge is 0.0735 e. The van der Waals surface area contributed by atoms with Gasteiger partial charge in [0.15, 0.2) is 0 Å². The van der Waals surface area contributed by atoms with Crippen LogP contribution in [-0.2, 0) is 11.3 Å². The molecule has 1 aromatic rings. The molecule has 2 fully saturated rings. The zero-order valence-electron chi connectivity index (χ0n) is 12.7. The second-order valence-electron chi connectivity index (χ2n) is 6.11. The largest absolute Gasteiger partial charge is 0.396 e. The third-order valence-electron chi connectivity index (χ3n) is 5.01. The van der Waals surface area contributed by atoms with Gasteiger partial charge in [0.05, 0.1) is 6.61 Å². The highest BCUT2D eigenvalue weighted by Gasteiger charge is 2.45. The van der Waals surface area contributed by atoms with Crippen molar-refractivity contribution in [3.8, 4) is 0 Å². The van der Waals surface area contributed by atoms with E-state index in [1.807, 2.05) is 0 Å². The number of aliphatic hydroxyl groups excluding tert-OH is 1. The van der Waals surface area contributed by atoms with E-state index in [2.05, 4.69) is 48.4 Å². The molecular formula is C18H25NO2. The molecule has 2 bridgehead atoms. The summed E-state index contributed by atoms with van der Waals surface area (Å²) < 4.78 is 0. The van der Waals surface area contributed by atoms with Crippen molar-refractivity contribution in [2.45, 2.75) is 32.2 Å². The molecule has 0 saturated carbocycles. The summed E-state index contributed by atoms with van der Waals surface area (Å²) in [7, 11) is 0. The van der Waals surface area contributed by atoms with Crippen LogP contribution in [0.25, 0.3) is 0 Å². The van der Waals surface area contributed by atoms with Crippen molar-refractivity contribution in [1.29, 1.82) is 0 Å². The Balaban J connectivity index is 1.69. The molecule has 0 spiro atoms. The number of hydroxylamine groups is 2. The van der Waals surface area contributed by atoms with Crippen LogP contribution < -0.4 is 0 Å². The number of hydrogen-bond acceptors (Lipinski definition) is 3. The third-order valence-corrected chi connectivity index (χ3v) is 5.01. The highest BCUT2D eigenvalue weighted by Crippen LogP contribution is 2.41. The number of benzene rings is 1. The molecule has 4 atom stereocenters. The monoisotopic (exact) mass is 287 g/mol. The quantitative estimate of drug-likeness (QED) is 0.845. The van der Waals surface area contributed by atoms with Gasteiger partial charge in [-0.2, -0.15) is 5.06 Å². The maximum atomic E-state index is 9.37. The number of rotatable bonds is 5. The van der Waals surface area contributed by atoms with E-state index in [9.17, 15) is 5.11 Å². The maximum absolute atomic E-state index is 9.37. The number of allylic oxidation sites excluding steroid dienone is 1. The molecule has 2 aliphatic heterocycles. The van der Waals surface area contributed by atoms with Gasteiger partial charge in [-0.1, -0.05) is 42.0 Å². The highest BCUT2D eigenvalue weighted by molar-refractivity contribution is 5.18. The van der Waals surface area contributed by atoms with Crippen molar-refractivity contribution in [3.05, 3.63) is 47.5 Å². The lowest BCUT2D eigenvalue weighted by Crippen LogP contribution is -2.43. The molecule has 2 heterocycles. The predicted octanol–water partition coefficient (Wildman–Crippen LogP) is 2.81. The molecule has 2 aliphatic rings. The lowest BCUT2D eigenvalue weighted by molar-refractivity contribution is -0.128. The summed E-state index contributed by atoms with van der Waals surface area (Å²) >= 11 is 0. The zero-order chi connectivity index (χ0) is 14.7. The normalized spacial score (nSPS) is 33.5. The molecule has 3 nitrogen and oxygen atoms in total. The predicted molar refractivity (Wildman–Crippen MR) is 83.6 cm³/mol. The van der Waals surface area contributed by atoms with Crippen molar-refractivity contribution in [3.63, 3.8) is 0 Å². The SMILES string of the molecule is C/C=C1\CN2OC[C@@H]([C@H]1CCO)[C@@H]2CCc1ccccc1. The van der Waals surface area contributed by atoms with Gasteiger partial charge in [-0.05, 0) is 37.7 Å². The van der Waals surface area contributed by atoms with Crippen LogP contribution in [0, 0.1) is 11.8 Å². The molecule has 3 rings (SSSR count). The lowest BCUT2D eigenvalue weighted by atomic mass is 9.75. The van der Waals surface area contributed by atoms with Gasteiger partial charge in [0.25, 0.3) is 0 Å². The summed E-state index contributed by atoms with van der Waals surface area (Å²) in [6, 6.07) is 11.2. The first-order valence-corrected chi connectivity index (χ1v) is 8.03. The molecule has 1 N–H and O–H groups in total. The number of aliphatic hydroxyl groups is 1. The van der Waals surface area contributed by atoms with E-state index in [0.29, 0.717) is 17.9 Å². The summed E-state index contributed by atoms with van der Waals surface area (Å²) in [6.07, 6.45) is 5.30. The van der Waals surface area contributed by atoms with Gasteiger partial charge < -0.3 is 5.11 Å². The first kappa shape index (κ1) is 14.8. The minimum Gasteiger partial charge on any atom is -0.396 e. The Labute approximate surface area is 127 Å². The van der Waals surface area contributed by atoms with Crippen LogP contribution in [0.4, 0.5) is 0 Å². The molecule has 1 aromatic carbocycles. The summed E-state index contributed by atoms with van der Waals surface area (Å²) in [6.45, 7) is 4.08. The molecule has 1 unspecified atom stereocenters. The Morgan fingerprint density at radius 2 is 2.10 bits per heavy atom. The molecule has 21 heavy (non-hydrogen) atoms. The maximum Gasteiger partial charge on any atom is 0.0735 e. The summed E-state index contributed by atoms with van der Waals surface area (Å²) in [5.74, 6) is 1.01. The van der Waals surface area contributed by atoms with Gasteiger partial charge in [0, 0.05) is 25.1 Å². The topological polar surface area (TPSA) is 32.7 Å². The fourth-order valence-corrected chi connectivity index (χ4v) is 3.88. The van der Waals surface area contributed by atoms with Crippen LogP contribution in [0.5, 0.6) is 0 Å². The molecular weight excluding hydrogens is 262 g/mol. The standard InChI is InChI=1S/C18H25NO2/c1-2-15-12-19-18(9-8-14-6-4-3-5-7-14)17(13-21-19)16(15)10-11-20/h2-7,16-18,20H,8-13H2,1H3/b15-2+/t16-,17-,18-/m0/s1. The van der Waals surface area contributed by atoms with E-state index in [1.54, 1.807) is 0 Å². The van der Waals surface area contributed by atoms with Gasteiger partial charge in [0.2, 0.25) is 0 Å². The molecule has 0 amide bonds. The second-order valence-corrected chi connectivity index (χ2v) is 6.11. The minimum absolute atomic E-state index is 0.268. The van der Waals surface area contributed by atoms with Crippen molar-refractivity contribution < 1.29 is 9.94 Å². The van der Waals surface area contributed by atoms with Crippen molar-refractivity contribution >= 4 is 0 Å².